The zero-order valence-electron chi connectivity index (χ0n) is 10.6. The van der Waals surface area contributed by atoms with Crippen molar-refractivity contribution in [2.45, 2.75) is 26.4 Å². The Labute approximate surface area is 114 Å². The Balaban J connectivity index is 3.01. The fourth-order valence-electron chi connectivity index (χ4n) is 1.22. The molecule has 2 N–H and O–H groups in total. The van der Waals surface area contributed by atoms with Crippen LogP contribution in [-0.4, -0.2) is 22.8 Å². The van der Waals surface area contributed by atoms with E-state index in [9.17, 15) is 14.0 Å². The highest BCUT2D eigenvalue weighted by molar-refractivity contribution is 6.31. The molecular weight excluding hydrogens is 277 g/mol. The first kappa shape index (κ1) is 15.2. The van der Waals surface area contributed by atoms with Crippen LogP contribution in [0.3, 0.4) is 0 Å². The lowest BCUT2D eigenvalue weighted by molar-refractivity contribution is 0.0632. The second kappa shape index (κ2) is 5.44. The minimum Gasteiger partial charge on any atom is -0.478 e. The van der Waals surface area contributed by atoms with Gasteiger partial charge in [-0.3, -0.25) is 5.32 Å². The number of nitrogens with one attached hydrogen (secondary N) is 1. The second-order valence-electron chi connectivity index (χ2n) is 4.75. The largest absolute Gasteiger partial charge is 0.478 e. The van der Waals surface area contributed by atoms with Crippen molar-refractivity contribution in [2.75, 3.05) is 5.32 Å². The normalized spacial score (nSPS) is 11.0. The van der Waals surface area contributed by atoms with Gasteiger partial charge in [0, 0.05) is 0 Å². The summed E-state index contributed by atoms with van der Waals surface area (Å²) in [6.07, 6.45) is -0.898. The molecule has 0 heterocycles. The fraction of sp³-hybridized carbons (Fsp3) is 0.333. The lowest BCUT2D eigenvalue weighted by Gasteiger charge is -2.20. The van der Waals surface area contributed by atoms with Crippen molar-refractivity contribution in [2.24, 2.45) is 0 Å². The summed E-state index contributed by atoms with van der Waals surface area (Å²) in [7, 11) is 0. The maximum Gasteiger partial charge on any atom is 0.412 e. The Kier molecular flexibility index (Phi) is 4.36. The minimum atomic E-state index is -1.28. The van der Waals surface area contributed by atoms with E-state index in [1.807, 2.05) is 0 Å². The first-order chi connectivity index (χ1) is 8.60. The molecule has 0 aliphatic heterocycles. The van der Waals surface area contributed by atoms with Gasteiger partial charge in [-0.25, -0.2) is 14.0 Å². The van der Waals surface area contributed by atoms with Crippen LogP contribution >= 0.6 is 11.6 Å². The number of carbonyl (C=O) groups is 2. The third-order valence-corrected chi connectivity index (χ3v) is 2.19. The van der Waals surface area contributed by atoms with Crippen molar-refractivity contribution in [1.29, 1.82) is 0 Å². The van der Waals surface area contributed by atoms with E-state index in [0.29, 0.717) is 0 Å². The smallest absolute Gasteiger partial charge is 0.412 e. The zero-order chi connectivity index (χ0) is 14.8. The van der Waals surface area contributed by atoms with E-state index in [2.05, 4.69) is 5.32 Å². The first-order valence-corrected chi connectivity index (χ1v) is 5.70. The number of halogens is 2. The van der Waals surface area contributed by atoms with Crippen molar-refractivity contribution in [3.05, 3.63) is 28.5 Å². The van der Waals surface area contributed by atoms with Gasteiger partial charge in [-0.05, 0) is 32.9 Å². The number of benzene rings is 1. The molecule has 0 saturated heterocycles. The predicted octanol–water partition coefficient (Wildman–Crippen LogP) is 3.52. The van der Waals surface area contributed by atoms with Gasteiger partial charge in [0.05, 0.1) is 16.3 Å². The lowest BCUT2D eigenvalue weighted by Crippen LogP contribution is -2.27. The number of hydrogen-bond donors (Lipinski definition) is 2. The Morgan fingerprint density at radius 3 is 2.42 bits per heavy atom. The van der Waals surface area contributed by atoms with Crippen molar-refractivity contribution in [1.82, 2.24) is 0 Å². The van der Waals surface area contributed by atoms with Gasteiger partial charge >= 0.3 is 12.1 Å². The second-order valence-corrected chi connectivity index (χ2v) is 5.16. The molecule has 0 aromatic heterocycles. The van der Waals surface area contributed by atoms with E-state index in [1.165, 1.54) is 0 Å². The summed E-state index contributed by atoms with van der Waals surface area (Å²) in [6.45, 7) is 4.93. The quantitative estimate of drug-likeness (QED) is 0.873. The van der Waals surface area contributed by atoms with Gasteiger partial charge in [0.15, 0.2) is 5.82 Å². The van der Waals surface area contributed by atoms with Gasteiger partial charge in [0.25, 0.3) is 0 Å². The van der Waals surface area contributed by atoms with E-state index < -0.39 is 28.5 Å². The number of hydrogen-bond acceptors (Lipinski definition) is 3. The molecule has 0 aliphatic carbocycles. The number of rotatable bonds is 2. The molecule has 19 heavy (non-hydrogen) atoms. The van der Waals surface area contributed by atoms with Crippen LogP contribution in [-0.2, 0) is 4.74 Å². The topological polar surface area (TPSA) is 75.6 Å². The fourth-order valence-corrected chi connectivity index (χ4v) is 1.44. The Morgan fingerprint density at radius 2 is 1.95 bits per heavy atom. The molecule has 0 bridgehead atoms. The molecule has 0 radical (unpaired) electrons. The predicted molar refractivity (Wildman–Crippen MR) is 68.2 cm³/mol. The van der Waals surface area contributed by atoms with E-state index >= 15 is 0 Å². The molecular formula is C12H13ClFNO4. The number of aromatic carboxylic acids is 1. The molecule has 7 heteroatoms. The van der Waals surface area contributed by atoms with Crippen molar-refractivity contribution >= 4 is 29.4 Å². The van der Waals surface area contributed by atoms with Crippen molar-refractivity contribution < 1.29 is 23.8 Å². The Bertz CT molecular complexity index is 525. The van der Waals surface area contributed by atoms with Crippen LogP contribution < -0.4 is 5.32 Å². The molecule has 1 aromatic rings. The van der Waals surface area contributed by atoms with E-state index in [4.69, 9.17) is 21.4 Å². The highest BCUT2D eigenvalue weighted by Gasteiger charge is 2.19. The highest BCUT2D eigenvalue weighted by atomic mass is 35.5. The van der Waals surface area contributed by atoms with Gasteiger partial charge in [-0.1, -0.05) is 11.6 Å². The van der Waals surface area contributed by atoms with E-state index in [0.717, 1.165) is 12.1 Å². The molecule has 0 saturated carbocycles. The van der Waals surface area contributed by atoms with Gasteiger partial charge in [0.2, 0.25) is 0 Å². The standard InChI is InChI=1S/C12H13ClFNO4/c1-12(2,3)19-11(18)15-8-5-6(10(16)17)4-7(13)9(8)14/h4-5H,1-3H3,(H,15,18)(H,16,17). The Morgan fingerprint density at radius 1 is 1.37 bits per heavy atom. The number of carboxylic acids is 1. The minimum absolute atomic E-state index is 0.238. The maximum absolute atomic E-state index is 13.6. The monoisotopic (exact) mass is 289 g/mol. The highest BCUT2D eigenvalue weighted by Crippen LogP contribution is 2.25. The van der Waals surface area contributed by atoms with Crippen LogP contribution in [0.4, 0.5) is 14.9 Å². The van der Waals surface area contributed by atoms with Crippen LogP contribution in [0, 0.1) is 5.82 Å². The third kappa shape index (κ3) is 4.40. The molecule has 1 rings (SSSR count). The van der Waals surface area contributed by atoms with Crippen LogP contribution in [0.1, 0.15) is 31.1 Å². The number of carboxylic acid groups (broad SMARTS) is 1. The molecule has 1 amide bonds. The molecule has 0 spiro atoms. The maximum atomic E-state index is 13.6. The average molecular weight is 290 g/mol. The van der Waals surface area contributed by atoms with Crippen LogP contribution in [0.25, 0.3) is 0 Å². The summed E-state index contributed by atoms with van der Waals surface area (Å²) < 4.78 is 18.6. The Hall–Kier alpha value is -1.82. The molecule has 0 unspecified atom stereocenters. The SMILES string of the molecule is CC(C)(C)OC(=O)Nc1cc(C(=O)O)cc(Cl)c1F. The number of ether oxygens (including phenoxy) is 1. The molecule has 0 fully saturated rings. The summed E-state index contributed by atoms with van der Waals surface area (Å²) in [5, 5.41) is 10.5. The van der Waals surface area contributed by atoms with Crippen LogP contribution in [0.2, 0.25) is 5.02 Å². The zero-order valence-corrected chi connectivity index (χ0v) is 11.3. The summed E-state index contributed by atoms with van der Waals surface area (Å²) >= 11 is 5.55. The van der Waals surface area contributed by atoms with Crippen molar-refractivity contribution in [3.8, 4) is 0 Å². The molecule has 0 atom stereocenters. The summed E-state index contributed by atoms with van der Waals surface area (Å²) in [4.78, 5) is 22.3. The van der Waals surface area contributed by atoms with Gasteiger partial charge in [-0.15, -0.1) is 0 Å². The van der Waals surface area contributed by atoms with E-state index in [1.54, 1.807) is 20.8 Å². The number of anilines is 1. The molecule has 0 aliphatic rings. The van der Waals surface area contributed by atoms with Gasteiger partial charge in [0.1, 0.15) is 5.60 Å². The first-order valence-electron chi connectivity index (χ1n) is 5.32. The number of carbonyl (C=O) groups excluding carboxylic acids is 1. The van der Waals surface area contributed by atoms with Crippen molar-refractivity contribution in [3.63, 3.8) is 0 Å². The van der Waals surface area contributed by atoms with Crippen LogP contribution in [0.15, 0.2) is 12.1 Å². The number of amides is 1. The van der Waals surface area contributed by atoms with Crippen LogP contribution in [0.5, 0.6) is 0 Å². The average Bonchev–Trinajstić information content (AvgIpc) is 2.21. The molecule has 104 valence electrons. The lowest BCUT2D eigenvalue weighted by atomic mass is 10.2. The summed E-state index contributed by atoms with van der Waals surface area (Å²) in [6, 6.07) is 1.92. The third-order valence-electron chi connectivity index (χ3n) is 1.91. The molecule has 1 aromatic carbocycles. The summed E-state index contributed by atoms with van der Waals surface area (Å²) in [5.74, 6) is -2.20. The van der Waals surface area contributed by atoms with E-state index in [-0.39, 0.29) is 11.3 Å². The van der Waals surface area contributed by atoms with Gasteiger partial charge in [-0.2, -0.15) is 0 Å². The van der Waals surface area contributed by atoms with Gasteiger partial charge < -0.3 is 9.84 Å². The molecule has 5 nitrogen and oxygen atoms in total. The summed E-state index contributed by atoms with van der Waals surface area (Å²) in [5.41, 5.74) is -1.34.